The van der Waals surface area contributed by atoms with E-state index in [4.69, 9.17) is 5.11 Å². The summed E-state index contributed by atoms with van der Waals surface area (Å²) in [6.07, 6.45) is 0.349. The van der Waals surface area contributed by atoms with Crippen LogP contribution in [-0.2, 0) is 9.59 Å². The van der Waals surface area contributed by atoms with Crippen LogP contribution in [0.5, 0.6) is 0 Å². The minimum Gasteiger partial charge on any atom is -0.480 e. The molecule has 2 atom stereocenters. The van der Waals surface area contributed by atoms with E-state index in [0.717, 1.165) is 0 Å². The van der Waals surface area contributed by atoms with Crippen molar-refractivity contribution in [3.8, 4) is 0 Å². The molecule has 0 aliphatic carbocycles. The minimum atomic E-state index is -0.850. The van der Waals surface area contributed by atoms with E-state index in [2.05, 4.69) is 5.32 Å². The van der Waals surface area contributed by atoms with Crippen LogP contribution >= 0.6 is 11.8 Å². The molecule has 1 amide bonds. The number of thioether (sulfide) groups is 1. The molecule has 1 heterocycles. The molecule has 14 heavy (non-hydrogen) atoms. The van der Waals surface area contributed by atoms with E-state index >= 15 is 0 Å². The van der Waals surface area contributed by atoms with E-state index in [1.165, 1.54) is 16.7 Å². The number of hydrogen-bond acceptors (Lipinski definition) is 4. The standard InChI is InChI=1S/C8H14N2O3S/c1-10(2)7(11)3-6-9-5(4-14-6)8(12)13/h5-6,9H,3-4H2,1-2H3,(H,12,13)/t5-,6?/m1/s1. The van der Waals surface area contributed by atoms with Crippen molar-refractivity contribution in [3.05, 3.63) is 0 Å². The Labute approximate surface area is 86.8 Å². The number of carboxylic acids is 1. The van der Waals surface area contributed by atoms with Gasteiger partial charge >= 0.3 is 5.97 Å². The zero-order valence-corrected chi connectivity index (χ0v) is 9.00. The normalized spacial score (nSPS) is 26.1. The Morgan fingerprint density at radius 2 is 2.21 bits per heavy atom. The Hall–Kier alpha value is -0.750. The Kier molecular flexibility index (Phi) is 3.77. The fraction of sp³-hybridized carbons (Fsp3) is 0.750. The molecule has 1 aliphatic heterocycles. The second-order valence-electron chi connectivity index (χ2n) is 3.37. The average molecular weight is 218 g/mol. The lowest BCUT2D eigenvalue weighted by molar-refractivity contribution is -0.139. The topological polar surface area (TPSA) is 69.6 Å². The van der Waals surface area contributed by atoms with Crippen molar-refractivity contribution in [1.29, 1.82) is 0 Å². The van der Waals surface area contributed by atoms with Crippen LogP contribution in [0.4, 0.5) is 0 Å². The summed E-state index contributed by atoms with van der Waals surface area (Å²) in [5, 5.41) is 11.5. The van der Waals surface area contributed by atoms with Gasteiger partial charge in [0.25, 0.3) is 0 Å². The fourth-order valence-corrected chi connectivity index (χ4v) is 2.32. The molecular weight excluding hydrogens is 204 g/mol. The highest BCUT2D eigenvalue weighted by molar-refractivity contribution is 8.00. The summed E-state index contributed by atoms with van der Waals surface area (Å²) in [5.74, 6) is -0.306. The van der Waals surface area contributed by atoms with Crippen molar-refractivity contribution in [2.75, 3.05) is 19.8 Å². The summed E-state index contributed by atoms with van der Waals surface area (Å²) < 4.78 is 0. The molecule has 0 radical (unpaired) electrons. The number of aliphatic carboxylic acids is 1. The molecule has 6 heteroatoms. The maximum absolute atomic E-state index is 11.3. The van der Waals surface area contributed by atoms with Crippen molar-refractivity contribution in [2.24, 2.45) is 0 Å². The van der Waals surface area contributed by atoms with Crippen LogP contribution in [0, 0.1) is 0 Å². The number of rotatable bonds is 3. The highest BCUT2D eigenvalue weighted by Crippen LogP contribution is 2.21. The molecule has 1 rings (SSSR count). The predicted molar refractivity (Wildman–Crippen MR) is 54.1 cm³/mol. The van der Waals surface area contributed by atoms with Gasteiger partial charge in [-0.2, -0.15) is 0 Å². The van der Waals surface area contributed by atoms with Gasteiger partial charge in [0.2, 0.25) is 5.91 Å². The van der Waals surface area contributed by atoms with Gasteiger partial charge in [0, 0.05) is 19.8 Å². The number of carboxylic acid groups (broad SMARTS) is 1. The molecule has 0 aromatic rings. The Bertz CT molecular complexity index is 245. The number of hydrogen-bond donors (Lipinski definition) is 2. The Balaban J connectivity index is 2.36. The third-order valence-corrected chi connectivity index (χ3v) is 3.24. The van der Waals surface area contributed by atoms with Crippen LogP contribution in [0.1, 0.15) is 6.42 Å². The lowest BCUT2D eigenvalue weighted by atomic mass is 10.3. The van der Waals surface area contributed by atoms with Crippen molar-refractivity contribution < 1.29 is 14.7 Å². The van der Waals surface area contributed by atoms with E-state index in [1.54, 1.807) is 14.1 Å². The monoisotopic (exact) mass is 218 g/mol. The first-order valence-electron chi connectivity index (χ1n) is 4.31. The van der Waals surface area contributed by atoms with Crippen LogP contribution in [0.3, 0.4) is 0 Å². The second kappa shape index (κ2) is 4.65. The SMILES string of the molecule is CN(C)C(=O)CC1N[C@@H](C(=O)O)CS1. The number of carbonyl (C=O) groups excluding carboxylic acids is 1. The average Bonchev–Trinajstić information content (AvgIpc) is 2.52. The van der Waals surface area contributed by atoms with Gasteiger partial charge in [-0.3, -0.25) is 14.9 Å². The summed E-state index contributed by atoms with van der Waals surface area (Å²) in [4.78, 5) is 23.4. The van der Waals surface area contributed by atoms with Gasteiger partial charge in [-0.05, 0) is 0 Å². The molecule has 0 aromatic carbocycles. The van der Waals surface area contributed by atoms with Crippen molar-refractivity contribution in [1.82, 2.24) is 10.2 Å². The van der Waals surface area contributed by atoms with E-state index in [9.17, 15) is 9.59 Å². The molecule has 5 nitrogen and oxygen atoms in total. The number of nitrogens with one attached hydrogen (secondary N) is 1. The zero-order valence-electron chi connectivity index (χ0n) is 8.19. The summed E-state index contributed by atoms with van der Waals surface area (Å²) >= 11 is 1.49. The van der Waals surface area contributed by atoms with E-state index in [-0.39, 0.29) is 11.3 Å². The summed E-state index contributed by atoms with van der Waals surface area (Å²) in [6, 6.07) is -0.514. The van der Waals surface area contributed by atoms with E-state index in [1.807, 2.05) is 0 Å². The molecule has 1 aliphatic rings. The first-order chi connectivity index (χ1) is 6.50. The second-order valence-corrected chi connectivity index (χ2v) is 4.61. The van der Waals surface area contributed by atoms with Gasteiger partial charge in [-0.1, -0.05) is 0 Å². The molecule has 0 spiro atoms. The summed E-state index contributed by atoms with van der Waals surface area (Å²) in [5.41, 5.74) is 0. The van der Waals surface area contributed by atoms with Crippen LogP contribution in [-0.4, -0.2) is 53.1 Å². The van der Waals surface area contributed by atoms with Crippen molar-refractivity contribution >= 4 is 23.6 Å². The first-order valence-corrected chi connectivity index (χ1v) is 5.36. The third-order valence-electron chi connectivity index (χ3n) is 2.01. The maximum Gasteiger partial charge on any atom is 0.321 e. The van der Waals surface area contributed by atoms with Gasteiger partial charge < -0.3 is 10.0 Å². The fourth-order valence-electron chi connectivity index (χ4n) is 1.13. The highest BCUT2D eigenvalue weighted by Gasteiger charge is 2.30. The first kappa shape index (κ1) is 11.3. The summed E-state index contributed by atoms with van der Waals surface area (Å²) in [6.45, 7) is 0. The summed E-state index contributed by atoms with van der Waals surface area (Å²) in [7, 11) is 3.38. The largest absolute Gasteiger partial charge is 0.480 e. The van der Waals surface area contributed by atoms with Crippen LogP contribution in [0.25, 0.3) is 0 Å². The van der Waals surface area contributed by atoms with Gasteiger partial charge in [0.1, 0.15) is 6.04 Å². The number of carbonyl (C=O) groups is 2. The molecule has 80 valence electrons. The smallest absolute Gasteiger partial charge is 0.321 e. The molecular formula is C8H14N2O3S. The Morgan fingerprint density at radius 1 is 1.57 bits per heavy atom. The number of nitrogens with zero attached hydrogens (tertiary/aromatic N) is 1. The molecule has 0 aromatic heterocycles. The Morgan fingerprint density at radius 3 is 2.64 bits per heavy atom. The van der Waals surface area contributed by atoms with Crippen LogP contribution in [0.15, 0.2) is 0 Å². The molecule has 0 saturated carbocycles. The molecule has 1 fully saturated rings. The zero-order chi connectivity index (χ0) is 10.7. The molecule has 1 unspecified atom stereocenters. The molecule has 0 bridgehead atoms. The highest BCUT2D eigenvalue weighted by atomic mass is 32.2. The minimum absolute atomic E-state index is 0.0149. The van der Waals surface area contributed by atoms with Gasteiger partial charge in [0.05, 0.1) is 11.8 Å². The van der Waals surface area contributed by atoms with E-state index in [0.29, 0.717) is 12.2 Å². The van der Waals surface area contributed by atoms with Crippen LogP contribution in [0.2, 0.25) is 0 Å². The van der Waals surface area contributed by atoms with Gasteiger partial charge in [0.15, 0.2) is 0 Å². The quantitative estimate of drug-likeness (QED) is 0.673. The van der Waals surface area contributed by atoms with E-state index < -0.39 is 12.0 Å². The lowest BCUT2D eigenvalue weighted by Crippen LogP contribution is -2.38. The van der Waals surface area contributed by atoms with Gasteiger partial charge in [-0.25, -0.2) is 0 Å². The maximum atomic E-state index is 11.3. The molecule has 2 N–H and O–H groups in total. The van der Waals surface area contributed by atoms with Crippen molar-refractivity contribution in [3.63, 3.8) is 0 Å². The number of amides is 1. The predicted octanol–water partition coefficient (Wildman–Crippen LogP) is -0.420. The molecule has 1 saturated heterocycles. The van der Waals surface area contributed by atoms with Gasteiger partial charge in [-0.15, -0.1) is 11.8 Å². The lowest BCUT2D eigenvalue weighted by Gasteiger charge is -2.14. The van der Waals surface area contributed by atoms with Crippen LogP contribution < -0.4 is 5.32 Å². The van der Waals surface area contributed by atoms with Crippen molar-refractivity contribution in [2.45, 2.75) is 17.8 Å². The third kappa shape index (κ3) is 2.88.